The quantitative estimate of drug-likeness (QED) is 0.418. The summed E-state index contributed by atoms with van der Waals surface area (Å²) in [5, 5.41) is 7.68. The van der Waals surface area contributed by atoms with Crippen LogP contribution in [0.2, 0.25) is 0 Å². The highest BCUT2D eigenvalue weighted by Gasteiger charge is 2.19. The number of aryl methyl sites for hydroxylation is 1. The zero-order valence-electron chi connectivity index (χ0n) is 17.6. The van der Waals surface area contributed by atoms with Crippen LogP contribution in [0.1, 0.15) is 36.7 Å². The first-order chi connectivity index (χ1) is 15.0. The number of unbranched alkanes of at least 4 members (excludes halogenated alkanes) is 2. The van der Waals surface area contributed by atoms with Gasteiger partial charge in [0.05, 0.1) is 12.5 Å². The number of esters is 1. The zero-order chi connectivity index (χ0) is 22.2. The van der Waals surface area contributed by atoms with E-state index in [1.54, 1.807) is 55.6 Å². The number of methoxy groups -OCH3 is 1. The molecule has 0 aliphatic rings. The molecule has 2 aromatic carbocycles. The molecule has 1 amide bonds. The highest BCUT2D eigenvalue weighted by Crippen LogP contribution is 2.16. The molecule has 8 nitrogen and oxygen atoms in total. The van der Waals surface area contributed by atoms with E-state index in [2.05, 4.69) is 17.3 Å². The first-order valence-electron chi connectivity index (χ1n) is 10.1. The van der Waals surface area contributed by atoms with Crippen molar-refractivity contribution >= 4 is 28.3 Å². The average Bonchev–Trinajstić information content (AvgIpc) is 2.79. The van der Waals surface area contributed by atoms with Gasteiger partial charge in [0, 0.05) is 17.6 Å². The third kappa shape index (κ3) is 5.48. The topological polar surface area (TPSA) is 99.5 Å². The number of benzene rings is 2. The molecule has 0 unspecified atom stereocenters. The number of nitrogens with one attached hydrogen (secondary N) is 1. The predicted octanol–water partition coefficient (Wildman–Crippen LogP) is 3.39. The summed E-state index contributed by atoms with van der Waals surface area (Å²) in [5.74, 6) is -0.583. The van der Waals surface area contributed by atoms with Gasteiger partial charge in [0.1, 0.15) is 5.75 Å². The van der Waals surface area contributed by atoms with Gasteiger partial charge >= 0.3 is 5.97 Å². The van der Waals surface area contributed by atoms with E-state index in [-0.39, 0.29) is 11.3 Å². The van der Waals surface area contributed by atoms with E-state index in [9.17, 15) is 14.4 Å². The van der Waals surface area contributed by atoms with Crippen LogP contribution in [0.25, 0.3) is 10.8 Å². The van der Waals surface area contributed by atoms with Crippen LogP contribution >= 0.6 is 0 Å². The van der Waals surface area contributed by atoms with E-state index in [1.807, 2.05) is 0 Å². The summed E-state index contributed by atoms with van der Waals surface area (Å²) in [6, 6.07) is 13.5. The minimum Gasteiger partial charge on any atom is -0.497 e. The first kappa shape index (κ1) is 22.0. The van der Waals surface area contributed by atoms with Crippen molar-refractivity contribution in [2.75, 3.05) is 19.0 Å². The molecule has 0 aliphatic heterocycles. The maximum absolute atomic E-state index is 12.7. The summed E-state index contributed by atoms with van der Waals surface area (Å²) in [6.07, 6.45) is 2.73. The Bertz CT molecular complexity index is 1120. The predicted molar refractivity (Wildman–Crippen MR) is 117 cm³/mol. The standard InChI is InChI=1S/C23H25N3O5/c1-3-4-7-14-26-22(28)19-9-6-5-8-18(19)21(25-26)23(29)31-15-20(27)24-16-10-12-17(30-2)13-11-16/h5-6,8-13H,3-4,7,14-15H2,1-2H3,(H,24,27). The number of anilines is 1. The van der Waals surface area contributed by atoms with Crippen molar-refractivity contribution in [2.45, 2.75) is 32.7 Å². The van der Waals surface area contributed by atoms with Crippen LogP contribution in [0.15, 0.2) is 53.3 Å². The largest absolute Gasteiger partial charge is 0.497 e. The van der Waals surface area contributed by atoms with E-state index in [0.717, 1.165) is 19.3 Å². The molecule has 8 heteroatoms. The van der Waals surface area contributed by atoms with Crippen molar-refractivity contribution in [3.63, 3.8) is 0 Å². The highest BCUT2D eigenvalue weighted by molar-refractivity contribution is 6.03. The number of carbonyl (C=O) groups is 2. The van der Waals surface area contributed by atoms with Crippen molar-refractivity contribution in [2.24, 2.45) is 0 Å². The normalized spacial score (nSPS) is 10.6. The van der Waals surface area contributed by atoms with Crippen molar-refractivity contribution in [3.8, 4) is 5.75 Å². The number of fused-ring (bicyclic) bond motifs is 1. The SMILES string of the molecule is CCCCCn1nc(C(=O)OCC(=O)Nc2ccc(OC)cc2)c2ccccc2c1=O. The second-order valence-electron chi connectivity index (χ2n) is 6.98. The van der Waals surface area contributed by atoms with Gasteiger partial charge < -0.3 is 14.8 Å². The maximum Gasteiger partial charge on any atom is 0.359 e. The molecule has 162 valence electrons. The fraction of sp³-hybridized carbons (Fsp3) is 0.304. The molecule has 3 rings (SSSR count). The van der Waals surface area contributed by atoms with Crippen LogP contribution in [0, 0.1) is 0 Å². The lowest BCUT2D eigenvalue weighted by Crippen LogP contribution is -2.28. The smallest absolute Gasteiger partial charge is 0.359 e. The first-order valence-corrected chi connectivity index (χ1v) is 10.1. The number of hydrogen-bond donors (Lipinski definition) is 1. The molecule has 0 saturated heterocycles. The number of amides is 1. The van der Waals surface area contributed by atoms with Gasteiger partial charge in [0.2, 0.25) is 0 Å². The Hall–Kier alpha value is -3.68. The Morgan fingerprint density at radius 1 is 1.03 bits per heavy atom. The van der Waals surface area contributed by atoms with E-state index in [1.165, 1.54) is 4.68 Å². The van der Waals surface area contributed by atoms with E-state index < -0.39 is 18.5 Å². The van der Waals surface area contributed by atoms with Gasteiger partial charge in [-0.1, -0.05) is 38.0 Å². The molecule has 31 heavy (non-hydrogen) atoms. The van der Waals surface area contributed by atoms with Crippen LogP contribution in [-0.2, 0) is 16.1 Å². The van der Waals surface area contributed by atoms with Gasteiger partial charge in [-0.15, -0.1) is 0 Å². The second kappa shape index (κ2) is 10.4. The third-order valence-electron chi connectivity index (χ3n) is 4.74. The molecule has 1 heterocycles. The number of rotatable bonds is 9. The van der Waals surface area contributed by atoms with Crippen LogP contribution < -0.4 is 15.6 Å². The molecule has 0 radical (unpaired) electrons. The molecule has 0 fully saturated rings. The number of ether oxygens (including phenoxy) is 2. The van der Waals surface area contributed by atoms with E-state index in [4.69, 9.17) is 9.47 Å². The lowest BCUT2D eigenvalue weighted by Gasteiger charge is -2.11. The molecule has 0 aliphatic carbocycles. The third-order valence-corrected chi connectivity index (χ3v) is 4.74. The van der Waals surface area contributed by atoms with Gasteiger partial charge in [-0.3, -0.25) is 9.59 Å². The Morgan fingerprint density at radius 3 is 2.42 bits per heavy atom. The van der Waals surface area contributed by atoms with Gasteiger partial charge in [-0.25, -0.2) is 9.48 Å². The van der Waals surface area contributed by atoms with Crippen molar-refractivity contribution in [1.29, 1.82) is 0 Å². The van der Waals surface area contributed by atoms with Crippen LogP contribution in [0.3, 0.4) is 0 Å². The Morgan fingerprint density at radius 2 is 1.74 bits per heavy atom. The van der Waals surface area contributed by atoms with Gasteiger partial charge in [-0.2, -0.15) is 5.10 Å². The Balaban J connectivity index is 1.74. The lowest BCUT2D eigenvalue weighted by atomic mass is 10.1. The molecule has 0 atom stereocenters. The minimum absolute atomic E-state index is 0.0175. The van der Waals surface area contributed by atoms with Gasteiger partial charge in [-0.05, 0) is 36.8 Å². The molecule has 0 saturated carbocycles. The number of nitrogens with zero attached hydrogens (tertiary/aromatic N) is 2. The summed E-state index contributed by atoms with van der Waals surface area (Å²) in [5.41, 5.74) is 0.319. The van der Waals surface area contributed by atoms with E-state index in [0.29, 0.717) is 28.8 Å². The van der Waals surface area contributed by atoms with Crippen molar-refractivity contribution in [3.05, 3.63) is 64.6 Å². The van der Waals surface area contributed by atoms with Gasteiger partial charge in [0.15, 0.2) is 12.3 Å². The number of hydrogen-bond acceptors (Lipinski definition) is 6. The van der Waals surface area contributed by atoms with Crippen LogP contribution in [0.4, 0.5) is 5.69 Å². The zero-order valence-corrected chi connectivity index (χ0v) is 17.6. The molecule has 3 aromatic rings. The second-order valence-corrected chi connectivity index (χ2v) is 6.98. The maximum atomic E-state index is 12.7. The molecule has 0 spiro atoms. The fourth-order valence-electron chi connectivity index (χ4n) is 3.12. The Kier molecular flexibility index (Phi) is 7.37. The Labute approximate surface area is 179 Å². The van der Waals surface area contributed by atoms with E-state index >= 15 is 0 Å². The van der Waals surface area contributed by atoms with Crippen molar-refractivity contribution < 1.29 is 19.1 Å². The minimum atomic E-state index is -0.759. The summed E-state index contributed by atoms with van der Waals surface area (Å²) in [4.78, 5) is 37.6. The number of aromatic nitrogens is 2. The van der Waals surface area contributed by atoms with Gasteiger partial charge in [0.25, 0.3) is 11.5 Å². The fourth-order valence-corrected chi connectivity index (χ4v) is 3.12. The summed E-state index contributed by atoms with van der Waals surface area (Å²) >= 11 is 0. The van der Waals surface area contributed by atoms with Crippen LogP contribution in [0.5, 0.6) is 5.75 Å². The highest BCUT2D eigenvalue weighted by atomic mass is 16.5. The molecule has 1 N–H and O–H groups in total. The summed E-state index contributed by atoms with van der Waals surface area (Å²) < 4.78 is 11.6. The molecule has 0 bridgehead atoms. The van der Waals surface area contributed by atoms with Crippen molar-refractivity contribution in [1.82, 2.24) is 9.78 Å². The summed E-state index contributed by atoms with van der Waals surface area (Å²) in [6.45, 7) is 2.00. The summed E-state index contributed by atoms with van der Waals surface area (Å²) in [7, 11) is 1.55. The van der Waals surface area contributed by atoms with Crippen LogP contribution in [-0.4, -0.2) is 35.4 Å². The molecular formula is C23H25N3O5. The number of carbonyl (C=O) groups excluding carboxylic acids is 2. The monoisotopic (exact) mass is 423 g/mol. The average molecular weight is 423 g/mol. The molecule has 1 aromatic heterocycles. The lowest BCUT2D eigenvalue weighted by molar-refractivity contribution is -0.119. The molecular weight excluding hydrogens is 398 g/mol.